The van der Waals surface area contributed by atoms with Gasteiger partial charge < -0.3 is 14.9 Å². The lowest BCUT2D eigenvalue weighted by Gasteiger charge is -2.33. The second-order valence-corrected chi connectivity index (χ2v) is 5.36. The number of carbonyl (C=O) groups is 3. The number of hydrogen-bond acceptors (Lipinski definition) is 3. The zero-order chi connectivity index (χ0) is 13.8. The Morgan fingerprint density at radius 3 is 2.68 bits per heavy atom. The van der Waals surface area contributed by atoms with Crippen LogP contribution in [0.3, 0.4) is 0 Å². The van der Waals surface area contributed by atoms with Gasteiger partial charge >= 0.3 is 5.97 Å². The van der Waals surface area contributed by atoms with Gasteiger partial charge in [-0.1, -0.05) is 0 Å². The fourth-order valence-corrected chi connectivity index (χ4v) is 2.84. The maximum Gasteiger partial charge on any atom is 0.303 e. The summed E-state index contributed by atoms with van der Waals surface area (Å²) in [7, 11) is 0. The number of hydrogen-bond donors (Lipinski definition) is 1. The lowest BCUT2D eigenvalue weighted by Crippen LogP contribution is -2.45. The maximum absolute atomic E-state index is 12.1. The van der Waals surface area contributed by atoms with Gasteiger partial charge in [0.25, 0.3) is 0 Å². The molecule has 2 amide bonds. The standard InChI is InChI=1S/C13H20N2O4/c16-11-4-2-6-15(11)9-12(17)14-5-1-3-10(8-14)7-13(18)19/h10H,1-9H2,(H,18,19). The molecule has 6 nitrogen and oxygen atoms in total. The molecule has 0 aromatic heterocycles. The van der Waals surface area contributed by atoms with Gasteiger partial charge in [-0.3, -0.25) is 14.4 Å². The first kappa shape index (κ1) is 13.8. The molecule has 1 unspecified atom stereocenters. The topological polar surface area (TPSA) is 77.9 Å². The summed E-state index contributed by atoms with van der Waals surface area (Å²) in [4.78, 5) is 37.6. The summed E-state index contributed by atoms with van der Waals surface area (Å²) in [6, 6.07) is 0. The molecule has 0 aromatic carbocycles. The van der Waals surface area contributed by atoms with Crippen LogP contribution in [0.25, 0.3) is 0 Å². The molecular formula is C13H20N2O4. The largest absolute Gasteiger partial charge is 0.481 e. The molecule has 2 heterocycles. The van der Waals surface area contributed by atoms with Crippen LogP contribution in [0.15, 0.2) is 0 Å². The third-order valence-corrected chi connectivity index (χ3v) is 3.83. The number of rotatable bonds is 4. The lowest BCUT2D eigenvalue weighted by molar-refractivity contribution is -0.142. The van der Waals surface area contributed by atoms with E-state index in [0.717, 1.165) is 19.3 Å². The molecule has 1 atom stereocenters. The van der Waals surface area contributed by atoms with Crippen LogP contribution < -0.4 is 0 Å². The first-order valence-corrected chi connectivity index (χ1v) is 6.83. The number of carboxylic acid groups (broad SMARTS) is 1. The molecule has 2 fully saturated rings. The van der Waals surface area contributed by atoms with Crippen molar-refractivity contribution in [1.29, 1.82) is 0 Å². The van der Waals surface area contributed by atoms with E-state index in [0.29, 0.717) is 26.1 Å². The van der Waals surface area contributed by atoms with Crippen molar-refractivity contribution < 1.29 is 19.5 Å². The highest BCUT2D eigenvalue weighted by molar-refractivity contribution is 5.86. The molecule has 2 rings (SSSR count). The van der Waals surface area contributed by atoms with E-state index in [2.05, 4.69) is 0 Å². The van der Waals surface area contributed by atoms with Gasteiger partial charge in [-0.25, -0.2) is 0 Å². The summed E-state index contributed by atoms with van der Waals surface area (Å²) < 4.78 is 0. The van der Waals surface area contributed by atoms with Crippen LogP contribution in [0.1, 0.15) is 32.1 Å². The minimum Gasteiger partial charge on any atom is -0.481 e. The van der Waals surface area contributed by atoms with Gasteiger partial charge in [-0.2, -0.15) is 0 Å². The van der Waals surface area contributed by atoms with Gasteiger partial charge in [0, 0.05) is 32.5 Å². The molecule has 2 saturated heterocycles. The average molecular weight is 268 g/mol. The average Bonchev–Trinajstić information content (AvgIpc) is 2.74. The summed E-state index contributed by atoms with van der Waals surface area (Å²) in [6.07, 6.45) is 3.19. The normalized spacial score (nSPS) is 23.8. The Hall–Kier alpha value is -1.59. The van der Waals surface area contributed by atoms with Crippen LogP contribution in [-0.4, -0.2) is 58.9 Å². The monoisotopic (exact) mass is 268 g/mol. The van der Waals surface area contributed by atoms with E-state index in [9.17, 15) is 14.4 Å². The Bertz CT molecular complexity index is 383. The van der Waals surface area contributed by atoms with E-state index in [1.807, 2.05) is 0 Å². The molecule has 1 N–H and O–H groups in total. The Morgan fingerprint density at radius 2 is 2.05 bits per heavy atom. The van der Waals surface area contributed by atoms with E-state index in [4.69, 9.17) is 5.11 Å². The van der Waals surface area contributed by atoms with Crippen LogP contribution in [0.4, 0.5) is 0 Å². The van der Waals surface area contributed by atoms with Crippen molar-refractivity contribution in [3.63, 3.8) is 0 Å². The predicted molar refractivity (Wildman–Crippen MR) is 67.4 cm³/mol. The van der Waals surface area contributed by atoms with E-state index in [-0.39, 0.29) is 30.7 Å². The van der Waals surface area contributed by atoms with Crippen LogP contribution in [0, 0.1) is 5.92 Å². The number of amides is 2. The molecule has 6 heteroatoms. The zero-order valence-electron chi connectivity index (χ0n) is 11.0. The SMILES string of the molecule is O=C(O)CC1CCCN(C(=O)CN2CCCC2=O)C1. The predicted octanol–water partition coefficient (Wildman–Crippen LogP) is 0.322. The summed E-state index contributed by atoms with van der Waals surface area (Å²) in [5.74, 6) is -0.767. The fourth-order valence-electron chi connectivity index (χ4n) is 2.84. The molecule has 0 radical (unpaired) electrons. The minimum absolute atomic E-state index is 0.0458. The third kappa shape index (κ3) is 3.68. The highest BCUT2D eigenvalue weighted by atomic mass is 16.4. The molecule has 0 aromatic rings. The van der Waals surface area contributed by atoms with Crippen molar-refractivity contribution in [1.82, 2.24) is 9.80 Å². The third-order valence-electron chi connectivity index (χ3n) is 3.83. The molecule has 0 bridgehead atoms. The van der Waals surface area contributed by atoms with Gasteiger partial charge in [-0.15, -0.1) is 0 Å². The van der Waals surface area contributed by atoms with Crippen LogP contribution >= 0.6 is 0 Å². The number of piperidine rings is 1. The zero-order valence-corrected chi connectivity index (χ0v) is 11.0. The highest BCUT2D eigenvalue weighted by Gasteiger charge is 2.28. The van der Waals surface area contributed by atoms with E-state index in [1.165, 1.54) is 0 Å². The second-order valence-electron chi connectivity index (χ2n) is 5.36. The van der Waals surface area contributed by atoms with Crippen molar-refractivity contribution in [3.8, 4) is 0 Å². The van der Waals surface area contributed by atoms with Crippen molar-refractivity contribution in [3.05, 3.63) is 0 Å². The maximum atomic E-state index is 12.1. The molecule has 0 spiro atoms. The molecule has 2 aliphatic rings. The van der Waals surface area contributed by atoms with Crippen LogP contribution in [-0.2, 0) is 14.4 Å². The molecule has 2 aliphatic heterocycles. The minimum atomic E-state index is -0.811. The van der Waals surface area contributed by atoms with E-state index < -0.39 is 5.97 Å². The van der Waals surface area contributed by atoms with Gasteiger partial charge in [0.1, 0.15) is 0 Å². The van der Waals surface area contributed by atoms with Crippen molar-refractivity contribution >= 4 is 17.8 Å². The Labute approximate surface area is 112 Å². The van der Waals surface area contributed by atoms with E-state index >= 15 is 0 Å². The Balaban J connectivity index is 1.84. The van der Waals surface area contributed by atoms with Gasteiger partial charge in [0.05, 0.1) is 6.54 Å². The smallest absolute Gasteiger partial charge is 0.303 e. The highest BCUT2D eigenvalue weighted by Crippen LogP contribution is 2.20. The van der Waals surface area contributed by atoms with E-state index in [1.54, 1.807) is 9.80 Å². The van der Waals surface area contributed by atoms with Gasteiger partial charge in [-0.05, 0) is 25.2 Å². The Morgan fingerprint density at radius 1 is 1.26 bits per heavy atom. The molecule has 19 heavy (non-hydrogen) atoms. The molecule has 106 valence electrons. The summed E-state index contributed by atoms with van der Waals surface area (Å²) in [5.41, 5.74) is 0. The second kappa shape index (κ2) is 6.04. The summed E-state index contributed by atoms with van der Waals surface area (Å²) in [5, 5.41) is 8.80. The number of carboxylic acids is 1. The van der Waals surface area contributed by atoms with Crippen LogP contribution in [0.2, 0.25) is 0 Å². The summed E-state index contributed by atoms with van der Waals surface area (Å²) in [6.45, 7) is 2.00. The Kier molecular flexibility index (Phi) is 4.39. The number of likely N-dealkylation sites (tertiary alicyclic amines) is 2. The number of carbonyl (C=O) groups excluding carboxylic acids is 2. The van der Waals surface area contributed by atoms with Crippen LogP contribution in [0.5, 0.6) is 0 Å². The summed E-state index contributed by atoms with van der Waals surface area (Å²) >= 11 is 0. The fraction of sp³-hybridized carbons (Fsp3) is 0.769. The molecule has 0 aliphatic carbocycles. The number of nitrogens with zero attached hydrogens (tertiary/aromatic N) is 2. The molecule has 0 saturated carbocycles. The van der Waals surface area contributed by atoms with Crippen molar-refractivity contribution in [2.45, 2.75) is 32.1 Å². The van der Waals surface area contributed by atoms with Gasteiger partial charge in [0.15, 0.2) is 0 Å². The first-order chi connectivity index (χ1) is 9.06. The lowest BCUT2D eigenvalue weighted by atomic mass is 9.95. The van der Waals surface area contributed by atoms with Crippen molar-refractivity contribution in [2.24, 2.45) is 5.92 Å². The van der Waals surface area contributed by atoms with Gasteiger partial charge in [0.2, 0.25) is 11.8 Å². The quantitative estimate of drug-likeness (QED) is 0.796. The first-order valence-electron chi connectivity index (χ1n) is 6.83. The number of aliphatic carboxylic acids is 1. The van der Waals surface area contributed by atoms with Crippen molar-refractivity contribution in [2.75, 3.05) is 26.2 Å². The molecular weight excluding hydrogens is 248 g/mol.